The van der Waals surface area contributed by atoms with Gasteiger partial charge in [0.1, 0.15) is 13.2 Å². The summed E-state index contributed by atoms with van der Waals surface area (Å²) < 4.78 is 23.2. The molecule has 1 amide bonds. The number of amides is 1. The fraction of sp³-hybridized carbons (Fsp3) is 0.732. The molecule has 3 unspecified atom stereocenters. The monoisotopic (exact) mass is 929 g/mol. The summed E-state index contributed by atoms with van der Waals surface area (Å²) in [6.45, 7) is 4.44. The maximum atomic E-state index is 12.8. The van der Waals surface area contributed by atoms with Gasteiger partial charge in [-0.25, -0.2) is 0 Å². The van der Waals surface area contributed by atoms with Gasteiger partial charge in [-0.3, -0.25) is 9.36 Å². The average Bonchev–Trinajstić information content (AvgIpc) is 3.26. The summed E-state index contributed by atoms with van der Waals surface area (Å²) in [6.07, 6.45) is 65.6. The van der Waals surface area contributed by atoms with Crippen molar-refractivity contribution in [2.24, 2.45) is 0 Å². The van der Waals surface area contributed by atoms with Crippen molar-refractivity contribution in [2.75, 3.05) is 40.9 Å². The van der Waals surface area contributed by atoms with Crippen molar-refractivity contribution in [3.8, 4) is 0 Å². The third kappa shape index (κ3) is 49.4. The Kier molecular flexibility index (Phi) is 45.1. The first-order valence-electron chi connectivity index (χ1n) is 26.4. The quantitative estimate of drug-likeness (QED) is 0.0272. The van der Waals surface area contributed by atoms with E-state index >= 15 is 0 Å². The summed E-state index contributed by atoms with van der Waals surface area (Å²) in [5.41, 5.74) is 0. The van der Waals surface area contributed by atoms with E-state index in [9.17, 15) is 19.4 Å². The van der Waals surface area contributed by atoms with E-state index in [0.29, 0.717) is 17.4 Å². The molecule has 376 valence electrons. The summed E-state index contributed by atoms with van der Waals surface area (Å²) in [6, 6.07) is -0.963. The fourth-order valence-corrected chi connectivity index (χ4v) is 7.96. The molecule has 9 heteroatoms. The molecule has 0 saturated carbocycles. The number of aliphatic hydroxyl groups excluding tert-OH is 1. The van der Waals surface area contributed by atoms with E-state index in [1.54, 1.807) is 12.2 Å². The molecule has 0 radical (unpaired) electrons. The molecule has 0 aliphatic heterocycles. The Morgan fingerprint density at radius 2 is 0.954 bits per heavy atom. The minimum Gasteiger partial charge on any atom is -0.756 e. The van der Waals surface area contributed by atoms with Crippen LogP contribution in [0.3, 0.4) is 0 Å². The Morgan fingerprint density at radius 1 is 0.554 bits per heavy atom. The molecule has 2 N–H and O–H groups in total. The molecule has 0 fully saturated rings. The lowest BCUT2D eigenvalue weighted by Gasteiger charge is -2.29. The highest BCUT2D eigenvalue weighted by molar-refractivity contribution is 7.45. The predicted molar refractivity (Wildman–Crippen MR) is 279 cm³/mol. The van der Waals surface area contributed by atoms with Gasteiger partial charge in [0, 0.05) is 6.42 Å². The Morgan fingerprint density at radius 3 is 1.40 bits per heavy atom. The van der Waals surface area contributed by atoms with Crippen molar-refractivity contribution in [3.05, 3.63) is 85.1 Å². The number of hydrogen-bond donors (Lipinski definition) is 2. The molecule has 0 bridgehead atoms. The molecule has 0 rings (SSSR count). The van der Waals surface area contributed by atoms with Crippen LogP contribution in [0.5, 0.6) is 0 Å². The van der Waals surface area contributed by atoms with E-state index in [0.717, 1.165) is 44.9 Å². The first-order chi connectivity index (χ1) is 31.5. The van der Waals surface area contributed by atoms with Crippen molar-refractivity contribution < 1.29 is 32.9 Å². The van der Waals surface area contributed by atoms with Crippen molar-refractivity contribution in [1.82, 2.24) is 5.32 Å². The summed E-state index contributed by atoms with van der Waals surface area (Å²) >= 11 is 0. The molecule has 8 nitrogen and oxygen atoms in total. The van der Waals surface area contributed by atoms with Crippen LogP contribution < -0.4 is 10.2 Å². The lowest BCUT2D eigenvalue weighted by Crippen LogP contribution is -2.45. The van der Waals surface area contributed by atoms with Gasteiger partial charge in [-0.05, 0) is 57.8 Å². The molecule has 0 aromatic heterocycles. The van der Waals surface area contributed by atoms with Crippen molar-refractivity contribution in [2.45, 2.75) is 225 Å². The van der Waals surface area contributed by atoms with E-state index in [-0.39, 0.29) is 18.9 Å². The van der Waals surface area contributed by atoms with Gasteiger partial charge in [0.05, 0.1) is 39.9 Å². The van der Waals surface area contributed by atoms with Crippen molar-refractivity contribution in [3.63, 3.8) is 0 Å². The number of carbonyl (C=O) groups excluding carboxylic acids is 1. The van der Waals surface area contributed by atoms with Crippen LogP contribution in [-0.4, -0.2) is 68.5 Å². The first kappa shape index (κ1) is 62.7. The molecular formula is C56H101N2O6P. The normalized spacial score (nSPS) is 14.8. The molecule has 65 heavy (non-hydrogen) atoms. The average molecular weight is 929 g/mol. The summed E-state index contributed by atoms with van der Waals surface area (Å²) in [4.78, 5) is 25.3. The number of carbonyl (C=O) groups is 1. The number of phosphoric acid groups is 1. The summed E-state index contributed by atoms with van der Waals surface area (Å²) in [5.74, 6) is -0.336. The van der Waals surface area contributed by atoms with Crippen molar-refractivity contribution >= 4 is 13.7 Å². The highest BCUT2D eigenvalue weighted by atomic mass is 31.2. The maximum Gasteiger partial charge on any atom is 0.268 e. The molecule has 0 aromatic rings. The fourth-order valence-electron chi connectivity index (χ4n) is 7.24. The Hall–Kier alpha value is -2.32. The molecule has 0 saturated heterocycles. The van der Waals surface area contributed by atoms with Crippen LogP contribution in [0.2, 0.25) is 0 Å². The zero-order chi connectivity index (χ0) is 47.8. The van der Waals surface area contributed by atoms with Crippen LogP contribution in [0.25, 0.3) is 0 Å². The number of likely N-dealkylation sites (N-methyl/N-ethyl adjacent to an activating group) is 1. The van der Waals surface area contributed by atoms with Gasteiger partial charge in [-0.15, -0.1) is 0 Å². The number of nitrogens with zero attached hydrogens (tertiary/aromatic N) is 1. The molecule has 0 aliphatic rings. The second-order valence-electron chi connectivity index (χ2n) is 18.9. The van der Waals surface area contributed by atoms with Gasteiger partial charge in [0.25, 0.3) is 7.82 Å². The van der Waals surface area contributed by atoms with Gasteiger partial charge in [0.2, 0.25) is 5.91 Å². The third-order valence-corrected chi connectivity index (χ3v) is 12.3. The third-order valence-electron chi connectivity index (χ3n) is 11.4. The second-order valence-corrected chi connectivity index (χ2v) is 20.3. The number of rotatable bonds is 47. The lowest BCUT2D eigenvalue weighted by molar-refractivity contribution is -0.870. The molecule has 0 aliphatic carbocycles. The number of hydrogen-bond acceptors (Lipinski definition) is 6. The highest BCUT2D eigenvalue weighted by Gasteiger charge is 2.23. The maximum absolute atomic E-state index is 12.8. The van der Waals surface area contributed by atoms with Crippen LogP contribution >= 0.6 is 7.82 Å². The minimum absolute atomic E-state index is 0.0268. The number of nitrogens with one attached hydrogen (secondary N) is 1. The number of phosphoric ester groups is 1. The smallest absolute Gasteiger partial charge is 0.268 e. The second kappa shape index (κ2) is 46.8. The van der Waals surface area contributed by atoms with Crippen molar-refractivity contribution in [1.29, 1.82) is 0 Å². The van der Waals surface area contributed by atoms with Crippen LogP contribution in [0, 0.1) is 0 Å². The van der Waals surface area contributed by atoms with E-state index in [1.807, 2.05) is 33.3 Å². The zero-order valence-electron chi connectivity index (χ0n) is 42.7. The Bertz CT molecular complexity index is 1330. The van der Waals surface area contributed by atoms with E-state index in [2.05, 4.69) is 79.9 Å². The highest BCUT2D eigenvalue weighted by Crippen LogP contribution is 2.38. The SMILES string of the molecule is CC/C=C\C/C=C\C/C=C\C/C=C\C/C=C\CC(=O)NC(COP(=O)([O-])OCC[N+](C)(C)C)C(O)/C=C/CC/C=C/CCCCCCCCCCCCCCCCCCCCCCCC. The van der Waals surface area contributed by atoms with Crippen LogP contribution in [0.15, 0.2) is 85.1 Å². The summed E-state index contributed by atoms with van der Waals surface area (Å²) in [5, 5.41) is 13.7. The van der Waals surface area contributed by atoms with Crippen LogP contribution in [-0.2, 0) is 18.4 Å². The predicted octanol–water partition coefficient (Wildman–Crippen LogP) is 15.1. The number of quaternary nitrogens is 1. The van der Waals surface area contributed by atoms with Gasteiger partial charge in [-0.2, -0.15) is 0 Å². The zero-order valence-corrected chi connectivity index (χ0v) is 43.6. The number of aliphatic hydroxyl groups is 1. The molecule has 0 heterocycles. The summed E-state index contributed by atoms with van der Waals surface area (Å²) in [7, 11) is 1.18. The van der Waals surface area contributed by atoms with Gasteiger partial charge < -0.3 is 28.8 Å². The number of allylic oxidation sites excluding steroid dienone is 12. The topological polar surface area (TPSA) is 108 Å². The molecule has 3 atom stereocenters. The Labute approximate surface area is 401 Å². The minimum atomic E-state index is -4.63. The van der Waals surface area contributed by atoms with Gasteiger partial charge in [0.15, 0.2) is 0 Å². The standard InChI is InChI=1S/C56H101N2O6P/c1-6-8-10-12-14-16-18-20-22-23-24-25-26-27-28-29-30-31-32-33-34-36-37-39-41-43-45-47-49-55(59)54(53-64-65(61,62)63-52-51-58(3,4)5)57-56(60)50-48-46-44-42-40-38-35-21-19-17-15-13-11-9-7-2/h9,11,15,17,21,35,39-42,46-49,54-55,59H,6-8,10,12-14,16,18-20,22-34,36-38,43-45,50-53H2,1-5H3,(H-,57,60,61,62)/b11-9-,17-15-,35-21-,41-39+,42-40-,48-46-,49-47+. The molecule has 0 aromatic carbocycles. The molecular weight excluding hydrogens is 828 g/mol. The first-order valence-corrected chi connectivity index (χ1v) is 27.9. The lowest BCUT2D eigenvalue weighted by atomic mass is 10.0. The molecule has 0 spiro atoms. The van der Waals surface area contributed by atoms with E-state index < -0.39 is 26.6 Å². The van der Waals surface area contributed by atoms with Gasteiger partial charge in [-0.1, -0.05) is 234 Å². The van der Waals surface area contributed by atoms with Crippen LogP contribution in [0.1, 0.15) is 213 Å². The Balaban J connectivity index is 4.33. The van der Waals surface area contributed by atoms with E-state index in [4.69, 9.17) is 9.05 Å². The van der Waals surface area contributed by atoms with Gasteiger partial charge >= 0.3 is 0 Å². The number of unbranched alkanes of at least 4 members (excludes halogenated alkanes) is 23. The van der Waals surface area contributed by atoms with E-state index in [1.165, 1.54) is 141 Å². The largest absolute Gasteiger partial charge is 0.756 e. The van der Waals surface area contributed by atoms with Crippen LogP contribution in [0.4, 0.5) is 0 Å².